The molecule has 3 N–H and O–H groups in total. The highest BCUT2D eigenvalue weighted by Crippen LogP contribution is 2.00. The van der Waals surface area contributed by atoms with Crippen molar-refractivity contribution in [1.29, 1.82) is 0 Å². The minimum Gasteiger partial charge on any atom is -0.353 e. The van der Waals surface area contributed by atoms with Crippen LogP contribution in [0.1, 0.15) is 26.7 Å². The van der Waals surface area contributed by atoms with Crippen LogP contribution >= 0.6 is 24.2 Å². The monoisotopic (exact) mass is 297 g/mol. The highest BCUT2D eigenvalue weighted by atomic mass is 35.5. The molecule has 0 rings (SSSR count). The quantitative estimate of drug-likeness (QED) is 0.674. The first-order valence-corrected chi connectivity index (χ1v) is 7.64. The molecule has 1 unspecified atom stereocenters. The Morgan fingerprint density at radius 1 is 1.50 bits per heavy atom. The molecule has 0 heterocycles. The van der Waals surface area contributed by atoms with Crippen molar-refractivity contribution in [1.82, 2.24) is 10.2 Å². The molecule has 0 aliphatic heterocycles. The molecule has 2 atom stereocenters. The summed E-state index contributed by atoms with van der Waals surface area (Å²) in [5.41, 5.74) is 5.77. The van der Waals surface area contributed by atoms with E-state index in [0.717, 1.165) is 25.1 Å². The minimum absolute atomic E-state index is 0. The Morgan fingerprint density at radius 2 is 2.11 bits per heavy atom. The highest BCUT2D eigenvalue weighted by Gasteiger charge is 2.12. The van der Waals surface area contributed by atoms with Crippen LogP contribution in [-0.4, -0.2) is 55.0 Å². The fraction of sp³-hybridized carbons (Fsp3) is 0.917. The summed E-state index contributed by atoms with van der Waals surface area (Å²) < 4.78 is 0. The molecule has 0 fully saturated rings. The van der Waals surface area contributed by atoms with Crippen molar-refractivity contribution in [3.63, 3.8) is 0 Å². The van der Waals surface area contributed by atoms with Gasteiger partial charge >= 0.3 is 0 Å². The summed E-state index contributed by atoms with van der Waals surface area (Å²) >= 11 is 1.71. The molecular formula is C12H28ClN3OS. The van der Waals surface area contributed by atoms with Gasteiger partial charge in [0.1, 0.15) is 0 Å². The number of hydrogen-bond donors (Lipinski definition) is 2. The molecule has 1 amide bonds. The number of nitrogens with one attached hydrogen (secondary N) is 1. The summed E-state index contributed by atoms with van der Waals surface area (Å²) in [6.45, 7) is 5.90. The second-order valence-electron chi connectivity index (χ2n) is 4.42. The molecule has 6 heteroatoms. The lowest BCUT2D eigenvalue weighted by Gasteiger charge is -2.23. The standard InChI is InChI=1S/C12H27N3OS.ClH/c1-5-10(2)15(3)8-7-14-12(16)11(13)6-9-17-4;/h10-11H,5-9,13H2,1-4H3,(H,14,16);1H/t10?,11-;/m0./s1. The number of carbonyl (C=O) groups excluding carboxylic acids is 1. The van der Waals surface area contributed by atoms with Gasteiger partial charge in [-0.2, -0.15) is 11.8 Å². The number of halogens is 1. The summed E-state index contributed by atoms with van der Waals surface area (Å²) in [6.07, 6.45) is 3.89. The molecule has 0 bridgehead atoms. The number of nitrogens with zero attached hydrogens (tertiary/aromatic N) is 1. The van der Waals surface area contributed by atoms with Crippen LogP contribution in [0.25, 0.3) is 0 Å². The number of nitrogens with two attached hydrogens (primary N) is 1. The van der Waals surface area contributed by atoms with Gasteiger partial charge in [-0.1, -0.05) is 6.92 Å². The van der Waals surface area contributed by atoms with Crippen molar-refractivity contribution in [3.05, 3.63) is 0 Å². The maximum atomic E-state index is 11.6. The average Bonchev–Trinajstić information content (AvgIpc) is 2.34. The van der Waals surface area contributed by atoms with Crippen LogP contribution in [-0.2, 0) is 4.79 Å². The van der Waals surface area contributed by atoms with E-state index in [2.05, 4.69) is 31.1 Å². The Hall–Kier alpha value is 0.0300. The van der Waals surface area contributed by atoms with Gasteiger partial charge in [-0.15, -0.1) is 12.4 Å². The summed E-state index contributed by atoms with van der Waals surface area (Å²) in [4.78, 5) is 13.8. The third kappa shape index (κ3) is 9.03. The third-order valence-corrected chi connectivity index (χ3v) is 3.72. The molecular weight excluding hydrogens is 270 g/mol. The number of rotatable bonds is 9. The van der Waals surface area contributed by atoms with Gasteiger partial charge < -0.3 is 16.0 Å². The van der Waals surface area contributed by atoms with Gasteiger partial charge in [-0.25, -0.2) is 0 Å². The van der Waals surface area contributed by atoms with Crippen LogP contribution < -0.4 is 11.1 Å². The first-order chi connectivity index (χ1) is 8.02. The molecule has 0 radical (unpaired) electrons. The number of likely N-dealkylation sites (N-methyl/N-ethyl adjacent to an activating group) is 1. The van der Waals surface area contributed by atoms with Crippen molar-refractivity contribution in [2.45, 2.75) is 38.8 Å². The van der Waals surface area contributed by atoms with E-state index in [1.807, 2.05) is 6.26 Å². The Labute approximate surface area is 122 Å². The van der Waals surface area contributed by atoms with E-state index in [1.165, 1.54) is 0 Å². The van der Waals surface area contributed by atoms with Gasteiger partial charge in [-0.05, 0) is 38.8 Å². The van der Waals surface area contributed by atoms with E-state index in [4.69, 9.17) is 5.73 Å². The molecule has 0 aromatic heterocycles. The first-order valence-electron chi connectivity index (χ1n) is 6.25. The Balaban J connectivity index is 0. The molecule has 18 heavy (non-hydrogen) atoms. The topological polar surface area (TPSA) is 58.4 Å². The Kier molecular flexibility index (Phi) is 13.7. The molecule has 0 aromatic carbocycles. The number of thioether (sulfide) groups is 1. The van der Waals surface area contributed by atoms with Gasteiger partial charge in [0.2, 0.25) is 5.91 Å². The molecule has 0 aliphatic carbocycles. The Bertz CT molecular complexity index is 219. The van der Waals surface area contributed by atoms with Crippen LogP contribution in [0.4, 0.5) is 0 Å². The third-order valence-electron chi connectivity index (χ3n) is 3.08. The maximum absolute atomic E-state index is 11.6. The normalized spacial score (nSPS) is 13.9. The molecule has 0 aliphatic rings. The van der Waals surface area contributed by atoms with Crippen LogP contribution in [0.2, 0.25) is 0 Å². The summed E-state index contributed by atoms with van der Waals surface area (Å²) in [5.74, 6) is 0.901. The van der Waals surface area contributed by atoms with Crippen molar-refractivity contribution in [2.75, 3.05) is 32.1 Å². The smallest absolute Gasteiger partial charge is 0.236 e. The van der Waals surface area contributed by atoms with Crippen LogP contribution in [0.5, 0.6) is 0 Å². The van der Waals surface area contributed by atoms with Crippen LogP contribution in [0.15, 0.2) is 0 Å². The van der Waals surface area contributed by atoms with Crippen molar-refractivity contribution in [3.8, 4) is 0 Å². The largest absolute Gasteiger partial charge is 0.353 e. The molecule has 110 valence electrons. The van der Waals surface area contributed by atoms with Gasteiger partial charge in [0.15, 0.2) is 0 Å². The number of carbonyl (C=O) groups is 1. The maximum Gasteiger partial charge on any atom is 0.236 e. The van der Waals surface area contributed by atoms with E-state index < -0.39 is 0 Å². The average molecular weight is 298 g/mol. The number of amides is 1. The zero-order chi connectivity index (χ0) is 13.3. The fourth-order valence-corrected chi connectivity index (χ4v) is 1.88. The lowest BCUT2D eigenvalue weighted by Crippen LogP contribution is -2.44. The van der Waals surface area contributed by atoms with E-state index in [0.29, 0.717) is 12.6 Å². The lowest BCUT2D eigenvalue weighted by atomic mass is 10.2. The van der Waals surface area contributed by atoms with Crippen molar-refractivity contribution in [2.24, 2.45) is 5.73 Å². The van der Waals surface area contributed by atoms with E-state index >= 15 is 0 Å². The lowest BCUT2D eigenvalue weighted by molar-refractivity contribution is -0.122. The first kappa shape index (κ1) is 20.3. The second-order valence-corrected chi connectivity index (χ2v) is 5.40. The molecule has 0 aromatic rings. The molecule has 0 saturated carbocycles. The van der Waals surface area contributed by atoms with Gasteiger partial charge in [0.25, 0.3) is 0 Å². The summed E-state index contributed by atoms with van der Waals surface area (Å²) in [6, 6.07) is 0.188. The zero-order valence-electron chi connectivity index (χ0n) is 11.9. The highest BCUT2D eigenvalue weighted by molar-refractivity contribution is 7.98. The zero-order valence-corrected chi connectivity index (χ0v) is 13.6. The van der Waals surface area contributed by atoms with E-state index in [-0.39, 0.29) is 24.4 Å². The molecule has 0 saturated heterocycles. The van der Waals surface area contributed by atoms with Crippen LogP contribution in [0.3, 0.4) is 0 Å². The minimum atomic E-state index is -0.364. The number of hydrogen-bond acceptors (Lipinski definition) is 4. The molecule has 4 nitrogen and oxygen atoms in total. The second kappa shape index (κ2) is 12.1. The van der Waals surface area contributed by atoms with Gasteiger partial charge in [-0.3, -0.25) is 4.79 Å². The van der Waals surface area contributed by atoms with Crippen molar-refractivity contribution >= 4 is 30.1 Å². The predicted molar refractivity (Wildman–Crippen MR) is 83.6 cm³/mol. The molecule has 0 spiro atoms. The van der Waals surface area contributed by atoms with Crippen molar-refractivity contribution < 1.29 is 4.79 Å². The van der Waals surface area contributed by atoms with Crippen LogP contribution in [0, 0.1) is 0 Å². The van der Waals surface area contributed by atoms with Gasteiger partial charge in [0.05, 0.1) is 6.04 Å². The Morgan fingerprint density at radius 3 is 2.61 bits per heavy atom. The predicted octanol–water partition coefficient (Wildman–Crippen LogP) is 1.34. The SMILES string of the molecule is CCC(C)N(C)CCNC(=O)[C@@H](N)CCSC.Cl. The summed E-state index contributed by atoms with van der Waals surface area (Å²) in [7, 11) is 2.08. The summed E-state index contributed by atoms with van der Waals surface area (Å²) in [5, 5.41) is 2.89. The van der Waals surface area contributed by atoms with E-state index in [1.54, 1.807) is 11.8 Å². The van der Waals surface area contributed by atoms with Gasteiger partial charge in [0, 0.05) is 19.1 Å². The fourth-order valence-electron chi connectivity index (χ4n) is 1.39. The van der Waals surface area contributed by atoms with E-state index in [9.17, 15) is 4.79 Å².